The second kappa shape index (κ2) is 7.52. The summed E-state index contributed by atoms with van der Waals surface area (Å²) in [5.74, 6) is -0.232. The average molecular weight is 392 g/mol. The van der Waals surface area contributed by atoms with E-state index >= 15 is 0 Å². The first-order valence-electron chi connectivity index (χ1n) is 8.92. The molecule has 2 aromatic heterocycles. The van der Waals surface area contributed by atoms with Crippen LogP contribution in [-0.4, -0.2) is 26.7 Å². The molecule has 0 saturated heterocycles. The monoisotopic (exact) mass is 392 g/mol. The highest BCUT2D eigenvalue weighted by atomic mass is 32.2. The maximum Gasteiger partial charge on any atom is 0.278 e. The molecule has 0 spiro atoms. The maximum atomic E-state index is 12.8. The molecule has 0 fully saturated rings. The van der Waals surface area contributed by atoms with Crippen LogP contribution in [0.1, 0.15) is 11.1 Å². The minimum Gasteiger partial charge on any atom is -0.350 e. The van der Waals surface area contributed by atoms with Gasteiger partial charge in [0.1, 0.15) is 17.6 Å². The van der Waals surface area contributed by atoms with Crippen LogP contribution >= 0.6 is 11.8 Å². The van der Waals surface area contributed by atoms with E-state index in [-0.39, 0.29) is 18.0 Å². The minimum absolute atomic E-state index is 0.0704. The molecule has 2 N–H and O–H groups in total. The summed E-state index contributed by atoms with van der Waals surface area (Å²) in [7, 11) is 0. The lowest BCUT2D eigenvalue weighted by atomic mass is 10.2. The molecule has 6 nitrogen and oxygen atoms in total. The second-order valence-electron chi connectivity index (χ2n) is 6.70. The molecular formula is C21H20N4O2S. The van der Waals surface area contributed by atoms with Gasteiger partial charge in [0, 0.05) is 22.3 Å². The summed E-state index contributed by atoms with van der Waals surface area (Å²) in [5, 5.41) is 3.77. The van der Waals surface area contributed by atoms with E-state index in [4.69, 9.17) is 0 Å². The van der Waals surface area contributed by atoms with Gasteiger partial charge in [-0.15, -0.1) is 11.8 Å². The van der Waals surface area contributed by atoms with E-state index in [0.717, 1.165) is 22.0 Å². The maximum absolute atomic E-state index is 12.8. The number of aryl methyl sites for hydroxylation is 1. The second-order valence-corrected chi connectivity index (χ2v) is 7.58. The van der Waals surface area contributed by atoms with Crippen LogP contribution in [0.3, 0.4) is 0 Å². The quantitative estimate of drug-likeness (QED) is 0.511. The number of carbonyl (C=O) groups is 1. The predicted octanol–water partition coefficient (Wildman–Crippen LogP) is 3.22. The van der Waals surface area contributed by atoms with Crippen LogP contribution < -0.4 is 10.9 Å². The van der Waals surface area contributed by atoms with E-state index in [0.29, 0.717) is 17.6 Å². The summed E-state index contributed by atoms with van der Waals surface area (Å²) >= 11 is 1.67. The van der Waals surface area contributed by atoms with Crippen molar-refractivity contribution in [3.63, 3.8) is 0 Å². The van der Waals surface area contributed by atoms with Gasteiger partial charge in [0.2, 0.25) is 5.91 Å². The Morgan fingerprint density at radius 2 is 2.00 bits per heavy atom. The number of benzene rings is 2. The number of H-pyrrole nitrogens is 1. The van der Waals surface area contributed by atoms with Gasteiger partial charge in [0.25, 0.3) is 5.56 Å². The standard InChI is InChI=1S/C21H20N4O2S/c1-13-3-8-17-16(9-13)19-20(24-17)21(27)25(12-23-19)11-18(26)22-10-14-4-6-15(28-2)7-5-14/h3-9,12,24H,10-11H2,1-2H3,(H,22,26). The molecule has 1 amide bonds. The Morgan fingerprint density at radius 3 is 2.75 bits per heavy atom. The zero-order valence-electron chi connectivity index (χ0n) is 15.7. The zero-order valence-corrected chi connectivity index (χ0v) is 16.5. The van der Waals surface area contributed by atoms with E-state index in [2.05, 4.69) is 15.3 Å². The van der Waals surface area contributed by atoms with Crippen molar-refractivity contribution in [2.24, 2.45) is 0 Å². The molecule has 4 aromatic rings. The van der Waals surface area contributed by atoms with Crippen molar-refractivity contribution in [2.45, 2.75) is 24.9 Å². The normalized spacial score (nSPS) is 11.2. The van der Waals surface area contributed by atoms with Crippen LogP contribution in [0.15, 0.2) is 58.5 Å². The fourth-order valence-corrected chi connectivity index (χ4v) is 3.58. The topological polar surface area (TPSA) is 79.8 Å². The number of aromatic amines is 1. The Kier molecular flexibility index (Phi) is 4.92. The lowest BCUT2D eigenvalue weighted by molar-refractivity contribution is -0.121. The summed E-state index contributed by atoms with van der Waals surface area (Å²) in [6, 6.07) is 13.9. The highest BCUT2D eigenvalue weighted by Crippen LogP contribution is 2.22. The number of hydrogen-bond acceptors (Lipinski definition) is 4. The molecule has 0 aliphatic rings. The Bertz CT molecular complexity index is 1230. The third-order valence-corrected chi connectivity index (χ3v) is 5.43. The summed E-state index contributed by atoms with van der Waals surface area (Å²) in [6.45, 7) is 2.35. The van der Waals surface area contributed by atoms with Gasteiger partial charge >= 0.3 is 0 Å². The molecule has 0 bridgehead atoms. The molecular weight excluding hydrogens is 372 g/mol. The van der Waals surface area contributed by atoms with Crippen LogP contribution in [-0.2, 0) is 17.9 Å². The first-order chi connectivity index (χ1) is 13.5. The minimum atomic E-state index is -0.252. The largest absolute Gasteiger partial charge is 0.350 e. The SMILES string of the molecule is CSc1ccc(CNC(=O)Cn2cnc3c([nH]c4ccc(C)cc43)c2=O)cc1. The van der Waals surface area contributed by atoms with Crippen LogP contribution in [0, 0.1) is 6.92 Å². The number of nitrogens with one attached hydrogen (secondary N) is 2. The van der Waals surface area contributed by atoms with Crippen molar-refractivity contribution in [2.75, 3.05) is 6.26 Å². The summed E-state index contributed by atoms with van der Waals surface area (Å²) < 4.78 is 1.33. The summed E-state index contributed by atoms with van der Waals surface area (Å²) in [5.41, 5.74) is 3.78. The molecule has 0 saturated carbocycles. The van der Waals surface area contributed by atoms with Gasteiger partial charge in [0.15, 0.2) is 0 Å². The smallest absolute Gasteiger partial charge is 0.278 e. The van der Waals surface area contributed by atoms with E-state index in [1.807, 2.05) is 55.6 Å². The Hall–Kier alpha value is -3.06. The number of fused-ring (bicyclic) bond motifs is 3. The average Bonchev–Trinajstić information content (AvgIpc) is 3.07. The first-order valence-corrected chi connectivity index (χ1v) is 10.1. The van der Waals surface area contributed by atoms with Crippen molar-refractivity contribution in [3.05, 3.63) is 70.3 Å². The van der Waals surface area contributed by atoms with Gasteiger partial charge < -0.3 is 10.3 Å². The highest BCUT2D eigenvalue weighted by molar-refractivity contribution is 7.98. The Morgan fingerprint density at radius 1 is 1.21 bits per heavy atom. The molecule has 0 aliphatic heterocycles. The lowest BCUT2D eigenvalue weighted by Gasteiger charge is -2.08. The third kappa shape index (κ3) is 3.53. The van der Waals surface area contributed by atoms with Crippen LogP contribution in [0.25, 0.3) is 21.9 Å². The van der Waals surface area contributed by atoms with Crippen LogP contribution in [0.5, 0.6) is 0 Å². The molecule has 2 aromatic carbocycles. The number of carbonyl (C=O) groups excluding carboxylic acids is 1. The molecule has 4 rings (SSSR count). The molecule has 28 heavy (non-hydrogen) atoms. The van der Waals surface area contributed by atoms with Crippen molar-refractivity contribution in [1.82, 2.24) is 19.9 Å². The van der Waals surface area contributed by atoms with Crippen molar-refractivity contribution >= 4 is 39.6 Å². The molecule has 0 aliphatic carbocycles. The van der Waals surface area contributed by atoms with Gasteiger partial charge in [-0.3, -0.25) is 14.2 Å². The fraction of sp³-hybridized carbons (Fsp3) is 0.190. The predicted molar refractivity (Wildman–Crippen MR) is 113 cm³/mol. The number of hydrogen-bond donors (Lipinski definition) is 2. The van der Waals surface area contributed by atoms with E-state index < -0.39 is 0 Å². The van der Waals surface area contributed by atoms with Gasteiger partial charge in [0.05, 0.1) is 6.33 Å². The van der Waals surface area contributed by atoms with Gasteiger partial charge in [-0.25, -0.2) is 4.98 Å². The molecule has 7 heteroatoms. The number of nitrogens with zero attached hydrogens (tertiary/aromatic N) is 2. The number of amides is 1. The van der Waals surface area contributed by atoms with Crippen LogP contribution in [0.2, 0.25) is 0 Å². The summed E-state index contributed by atoms with van der Waals surface area (Å²) in [4.78, 5) is 33.8. The van der Waals surface area contributed by atoms with Crippen molar-refractivity contribution in [1.29, 1.82) is 0 Å². The molecule has 0 radical (unpaired) electrons. The van der Waals surface area contributed by atoms with Crippen molar-refractivity contribution in [3.8, 4) is 0 Å². The number of thioether (sulfide) groups is 1. The van der Waals surface area contributed by atoms with E-state index in [9.17, 15) is 9.59 Å². The summed E-state index contributed by atoms with van der Waals surface area (Å²) in [6.07, 6.45) is 3.46. The van der Waals surface area contributed by atoms with Crippen LogP contribution in [0.4, 0.5) is 0 Å². The van der Waals surface area contributed by atoms with Gasteiger partial charge in [-0.2, -0.15) is 0 Å². The molecule has 2 heterocycles. The lowest BCUT2D eigenvalue weighted by Crippen LogP contribution is -2.32. The zero-order chi connectivity index (χ0) is 19.7. The Labute approximate surface area is 166 Å². The van der Waals surface area contributed by atoms with E-state index in [1.54, 1.807) is 11.8 Å². The molecule has 142 valence electrons. The highest BCUT2D eigenvalue weighted by Gasteiger charge is 2.12. The van der Waals surface area contributed by atoms with Crippen molar-refractivity contribution < 1.29 is 4.79 Å². The first kappa shape index (κ1) is 18.3. The van der Waals surface area contributed by atoms with E-state index in [1.165, 1.54) is 15.8 Å². The molecule has 0 atom stereocenters. The number of rotatable bonds is 5. The fourth-order valence-electron chi connectivity index (χ4n) is 3.17. The number of aromatic nitrogens is 3. The van der Waals surface area contributed by atoms with Gasteiger partial charge in [-0.05, 0) is 43.0 Å². The van der Waals surface area contributed by atoms with Gasteiger partial charge in [-0.1, -0.05) is 23.8 Å². The molecule has 0 unspecified atom stereocenters. The Balaban J connectivity index is 1.52. The third-order valence-electron chi connectivity index (χ3n) is 4.69.